The Balaban J connectivity index is 2.17. The molecule has 3 aliphatic heterocycles. The first-order chi connectivity index (χ1) is 15.4. The third kappa shape index (κ3) is 4.34. The van der Waals surface area contributed by atoms with Gasteiger partial charge in [0.1, 0.15) is 11.7 Å². The first kappa shape index (κ1) is 24.1. The van der Waals surface area contributed by atoms with Gasteiger partial charge in [-0.1, -0.05) is 0 Å². The number of esters is 3. The van der Waals surface area contributed by atoms with Crippen LogP contribution in [0.1, 0.15) is 59.3 Å². The van der Waals surface area contributed by atoms with Crippen molar-refractivity contribution in [3.63, 3.8) is 0 Å². The van der Waals surface area contributed by atoms with E-state index in [4.69, 9.17) is 14.2 Å². The van der Waals surface area contributed by atoms with E-state index in [2.05, 4.69) is 4.90 Å². The Morgan fingerprint density at radius 3 is 2.31 bits per heavy atom. The zero-order valence-corrected chi connectivity index (χ0v) is 19.3. The molecule has 2 atom stereocenters. The van der Waals surface area contributed by atoms with Crippen LogP contribution in [-0.2, 0) is 33.4 Å². The molecule has 1 fully saturated rings. The monoisotopic (exact) mass is 450 g/mol. The summed E-state index contributed by atoms with van der Waals surface area (Å²) in [5.74, 6) is -2.66. The van der Waals surface area contributed by atoms with Crippen LogP contribution in [-0.4, -0.2) is 78.5 Å². The number of nitrogens with zero attached hydrogens (tertiary/aromatic N) is 2. The molecule has 3 heterocycles. The summed E-state index contributed by atoms with van der Waals surface area (Å²) >= 11 is 0. The quantitative estimate of drug-likeness (QED) is 0.404. The molecular weight excluding hydrogens is 416 g/mol. The van der Waals surface area contributed by atoms with Crippen LogP contribution in [0, 0.1) is 5.92 Å². The molecular formula is C23H34N2O7. The summed E-state index contributed by atoms with van der Waals surface area (Å²) in [7, 11) is 0. The number of ketones is 1. The van der Waals surface area contributed by atoms with Crippen LogP contribution in [0.25, 0.3) is 0 Å². The molecule has 9 nitrogen and oxygen atoms in total. The zero-order chi connectivity index (χ0) is 23.3. The van der Waals surface area contributed by atoms with E-state index in [1.807, 2.05) is 4.90 Å². The molecule has 9 heteroatoms. The Morgan fingerprint density at radius 1 is 0.938 bits per heavy atom. The second kappa shape index (κ2) is 10.4. The van der Waals surface area contributed by atoms with Gasteiger partial charge in [-0.15, -0.1) is 0 Å². The van der Waals surface area contributed by atoms with Crippen molar-refractivity contribution in [2.45, 2.75) is 64.8 Å². The molecule has 0 aromatic carbocycles. The summed E-state index contributed by atoms with van der Waals surface area (Å²) in [6, 6.07) is 0. The van der Waals surface area contributed by atoms with E-state index in [1.54, 1.807) is 20.8 Å². The molecule has 0 aromatic rings. The molecule has 0 bridgehead atoms. The molecule has 3 rings (SSSR count). The van der Waals surface area contributed by atoms with Gasteiger partial charge in [0.05, 0.1) is 26.2 Å². The van der Waals surface area contributed by atoms with E-state index < -0.39 is 29.4 Å². The van der Waals surface area contributed by atoms with Gasteiger partial charge in [0.2, 0.25) is 0 Å². The summed E-state index contributed by atoms with van der Waals surface area (Å²) in [4.78, 5) is 56.8. The summed E-state index contributed by atoms with van der Waals surface area (Å²) < 4.78 is 15.9. The number of hydrogen-bond donors (Lipinski definition) is 0. The molecule has 1 saturated heterocycles. The normalized spacial score (nSPS) is 23.8. The number of ether oxygens (including phenoxy) is 3. The van der Waals surface area contributed by atoms with E-state index in [9.17, 15) is 19.2 Å². The van der Waals surface area contributed by atoms with E-state index in [1.165, 1.54) is 0 Å². The molecule has 32 heavy (non-hydrogen) atoms. The van der Waals surface area contributed by atoms with Gasteiger partial charge in [0, 0.05) is 31.6 Å². The van der Waals surface area contributed by atoms with Crippen LogP contribution in [0.4, 0.5) is 0 Å². The van der Waals surface area contributed by atoms with Gasteiger partial charge < -0.3 is 24.0 Å². The minimum Gasteiger partial charge on any atom is -0.466 e. The Kier molecular flexibility index (Phi) is 7.79. The van der Waals surface area contributed by atoms with Crippen molar-refractivity contribution in [1.82, 2.24) is 9.80 Å². The highest BCUT2D eigenvalue weighted by Gasteiger charge is 2.61. The van der Waals surface area contributed by atoms with Crippen molar-refractivity contribution in [2.24, 2.45) is 5.92 Å². The van der Waals surface area contributed by atoms with E-state index in [-0.39, 0.29) is 38.4 Å². The first-order valence-corrected chi connectivity index (χ1v) is 11.7. The highest BCUT2D eigenvalue weighted by molar-refractivity contribution is 6.04. The van der Waals surface area contributed by atoms with Gasteiger partial charge in [-0.3, -0.25) is 14.4 Å². The van der Waals surface area contributed by atoms with E-state index in [0.29, 0.717) is 18.5 Å². The molecule has 0 radical (unpaired) electrons. The van der Waals surface area contributed by atoms with Crippen molar-refractivity contribution < 1.29 is 33.4 Å². The van der Waals surface area contributed by atoms with Crippen molar-refractivity contribution >= 4 is 23.7 Å². The lowest BCUT2D eigenvalue weighted by atomic mass is 9.72. The standard InChI is InChI=1S/C23H34N2O7/c1-4-30-19(27)14-17(21(28)31-5-2)23(22(29)32-6-3)15-18(26)16-10-7-8-11-24-12-9-13-25(23)20(16)24/h17H,4-15H2,1-3H3/t17-,23+/m1/s1. The average Bonchev–Trinajstić information content (AvgIpc) is 2.99. The number of carbonyl (C=O) groups is 4. The van der Waals surface area contributed by atoms with E-state index in [0.717, 1.165) is 38.2 Å². The molecule has 0 amide bonds. The zero-order valence-electron chi connectivity index (χ0n) is 19.3. The van der Waals surface area contributed by atoms with Crippen LogP contribution in [0.15, 0.2) is 11.4 Å². The number of allylic oxidation sites excluding steroid dienone is 1. The minimum absolute atomic E-state index is 0.0884. The third-order valence-electron chi connectivity index (χ3n) is 6.44. The number of hydrogen-bond acceptors (Lipinski definition) is 9. The first-order valence-electron chi connectivity index (χ1n) is 11.7. The fourth-order valence-electron chi connectivity index (χ4n) is 5.16. The largest absolute Gasteiger partial charge is 0.466 e. The lowest BCUT2D eigenvalue weighted by Gasteiger charge is -2.54. The maximum absolute atomic E-state index is 13.6. The lowest BCUT2D eigenvalue weighted by molar-refractivity contribution is -0.178. The maximum Gasteiger partial charge on any atom is 0.333 e. The summed E-state index contributed by atoms with van der Waals surface area (Å²) in [6.07, 6.45) is 2.67. The molecule has 0 unspecified atom stereocenters. The Morgan fingerprint density at radius 2 is 1.62 bits per heavy atom. The fourth-order valence-corrected chi connectivity index (χ4v) is 5.16. The smallest absolute Gasteiger partial charge is 0.333 e. The van der Waals surface area contributed by atoms with Gasteiger partial charge in [0.15, 0.2) is 11.3 Å². The van der Waals surface area contributed by atoms with Crippen molar-refractivity contribution in [3.05, 3.63) is 11.4 Å². The second-order valence-electron chi connectivity index (χ2n) is 8.31. The number of carbonyl (C=O) groups excluding carboxylic acids is 4. The molecule has 178 valence electrons. The van der Waals surface area contributed by atoms with Gasteiger partial charge in [-0.05, 0) is 46.5 Å². The van der Waals surface area contributed by atoms with Crippen LogP contribution in [0.2, 0.25) is 0 Å². The van der Waals surface area contributed by atoms with Crippen molar-refractivity contribution in [3.8, 4) is 0 Å². The highest BCUT2D eigenvalue weighted by atomic mass is 16.5. The van der Waals surface area contributed by atoms with Gasteiger partial charge in [-0.25, -0.2) is 4.79 Å². The summed E-state index contributed by atoms with van der Waals surface area (Å²) in [5, 5.41) is 0. The van der Waals surface area contributed by atoms with Crippen LogP contribution >= 0.6 is 0 Å². The molecule has 0 aliphatic carbocycles. The predicted molar refractivity (Wildman–Crippen MR) is 114 cm³/mol. The third-order valence-corrected chi connectivity index (χ3v) is 6.44. The Labute approximate surface area is 189 Å². The van der Waals surface area contributed by atoms with Crippen molar-refractivity contribution in [1.29, 1.82) is 0 Å². The average molecular weight is 451 g/mol. The molecule has 3 aliphatic rings. The summed E-state index contributed by atoms with van der Waals surface area (Å²) in [6.45, 7) is 7.39. The fraction of sp³-hybridized carbons (Fsp3) is 0.739. The van der Waals surface area contributed by atoms with Crippen LogP contribution in [0.3, 0.4) is 0 Å². The molecule has 0 saturated carbocycles. The number of Topliss-reactive ketones (excluding diaryl/α,β-unsaturated/α-hetero) is 1. The molecule has 0 spiro atoms. The van der Waals surface area contributed by atoms with Gasteiger partial charge >= 0.3 is 17.9 Å². The Hall–Kier alpha value is -2.58. The number of rotatable bonds is 8. The SMILES string of the molecule is CCOC(=O)C[C@H](C(=O)OCC)[C@]1(C(=O)OCC)CC(=O)C2=C3N(CCCC2)CCCN31. The molecule has 0 aromatic heterocycles. The molecule has 0 N–H and O–H groups in total. The Bertz CT molecular complexity index is 793. The maximum atomic E-state index is 13.6. The predicted octanol–water partition coefficient (Wildman–Crippen LogP) is 1.80. The lowest BCUT2D eigenvalue weighted by Crippen LogP contribution is -2.68. The van der Waals surface area contributed by atoms with Crippen LogP contribution < -0.4 is 0 Å². The highest BCUT2D eigenvalue weighted by Crippen LogP contribution is 2.46. The van der Waals surface area contributed by atoms with Gasteiger partial charge in [-0.2, -0.15) is 0 Å². The van der Waals surface area contributed by atoms with E-state index >= 15 is 0 Å². The topological polar surface area (TPSA) is 102 Å². The summed E-state index contributed by atoms with van der Waals surface area (Å²) in [5.41, 5.74) is -0.936. The second-order valence-corrected chi connectivity index (χ2v) is 8.31. The van der Waals surface area contributed by atoms with Crippen molar-refractivity contribution in [2.75, 3.05) is 39.5 Å². The minimum atomic E-state index is -1.64. The van der Waals surface area contributed by atoms with Crippen LogP contribution in [0.5, 0.6) is 0 Å². The van der Waals surface area contributed by atoms with Gasteiger partial charge in [0.25, 0.3) is 0 Å².